The molecule has 2 rings (SSSR count). The molecule has 0 aliphatic heterocycles. The molecule has 0 fully saturated rings. The summed E-state index contributed by atoms with van der Waals surface area (Å²) < 4.78 is 30.2. The van der Waals surface area contributed by atoms with E-state index in [2.05, 4.69) is 6.92 Å². The van der Waals surface area contributed by atoms with Crippen molar-refractivity contribution in [1.82, 2.24) is 0 Å². The van der Waals surface area contributed by atoms with Gasteiger partial charge in [-0.1, -0.05) is 49.3 Å². The van der Waals surface area contributed by atoms with Crippen LogP contribution in [-0.4, -0.2) is 8.42 Å². The molecule has 4 heteroatoms. The second kappa shape index (κ2) is 7.47. The zero-order valence-electron chi connectivity index (χ0n) is 13.7. The van der Waals surface area contributed by atoms with Crippen LogP contribution in [0.15, 0.2) is 53.4 Å². The van der Waals surface area contributed by atoms with Crippen LogP contribution in [0.3, 0.4) is 0 Å². The molecule has 23 heavy (non-hydrogen) atoms. The molecule has 0 saturated heterocycles. The van der Waals surface area contributed by atoms with Crippen molar-refractivity contribution >= 4 is 16.2 Å². The Hall–Kier alpha value is -2.07. The average molecular weight is 330 g/mol. The molecule has 0 saturated carbocycles. The van der Waals surface area contributed by atoms with E-state index in [1.807, 2.05) is 38.1 Å². The second-order valence-electron chi connectivity index (χ2n) is 5.47. The van der Waals surface area contributed by atoms with E-state index in [0.717, 1.165) is 24.0 Å². The Balaban J connectivity index is 2.36. The number of hydrogen-bond acceptors (Lipinski definition) is 3. The number of aryl methyl sites for hydroxylation is 2. The summed E-state index contributed by atoms with van der Waals surface area (Å²) >= 11 is 0. The zero-order chi connectivity index (χ0) is 16.9. The first-order chi connectivity index (χ1) is 11.0. The summed E-state index contributed by atoms with van der Waals surface area (Å²) in [4.78, 5) is 0.159. The molecule has 0 aliphatic carbocycles. The predicted molar refractivity (Wildman–Crippen MR) is 94.1 cm³/mol. The van der Waals surface area contributed by atoms with E-state index < -0.39 is 10.1 Å². The highest BCUT2D eigenvalue weighted by atomic mass is 32.2. The summed E-state index contributed by atoms with van der Waals surface area (Å²) in [5.74, 6) is 0.350. The second-order valence-corrected chi connectivity index (χ2v) is 7.02. The van der Waals surface area contributed by atoms with Crippen LogP contribution < -0.4 is 4.18 Å². The van der Waals surface area contributed by atoms with Gasteiger partial charge in [0.2, 0.25) is 0 Å². The van der Waals surface area contributed by atoms with Gasteiger partial charge in [0, 0.05) is 5.56 Å². The SMILES string of the molecule is CC=Cc1cc(CCC)ccc1OS(=O)(=O)c1ccc(C)cc1. The van der Waals surface area contributed by atoms with Gasteiger partial charge in [-0.2, -0.15) is 8.42 Å². The minimum atomic E-state index is -3.83. The van der Waals surface area contributed by atoms with Gasteiger partial charge >= 0.3 is 10.1 Å². The summed E-state index contributed by atoms with van der Waals surface area (Å²) in [6.07, 6.45) is 5.72. The summed E-state index contributed by atoms with van der Waals surface area (Å²) in [5, 5.41) is 0. The maximum Gasteiger partial charge on any atom is 0.339 e. The number of allylic oxidation sites excluding steroid dienone is 1. The molecule has 0 heterocycles. The largest absolute Gasteiger partial charge is 0.378 e. The molecule has 2 aromatic carbocycles. The Morgan fingerprint density at radius 1 is 1.09 bits per heavy atom. The molecule has 2 aromatic rings. The fourth-order valence-corrected chi connectivity index (χ4v) is 3.25. The summed E-state index contributed by atoms with van der Waals surface area (Å²) in [6, 6.07) is 12.3. The third-order valence-corrected chi connectivity index (χ3v) is 4.72. The highest BCUT2D eigenvalue weighted by molar-refractivity contribution is 7.87. The number of hydrogen-bond donors (Lipinski definition) is 0. The Kier molecular flexibility index (Phi) is 5.61. The molecule has 0 atom stereocenters. The fourth-order valence-electron chi connectivity index (χ4n) is 2.30. The van der Waals surface area contributed by atoms with E-state index >= 15 is 0 Å². The van der Waals surface area contributed by atoms with Gasteiger partial charge in [0.25, 0.3) is 0 Å². The van der Waals surface area contributed by atoms with Gasteiger partial charge in [-0.3, -0.25) is 0 Å². The van der Waals surface area contributed by atoms with Crippen molar-refractivity contribution in [2.24, 2.45) is 0 Å². The molecule has 0 aliphatic rings. The van der Waals surface area contributed by atoms with Crippen LogP contribution in [0.2, 0.25) is 0 Å². The first kappa shape index (κ1) is 17.3. The molecule has 0 unspecified atom stereocenters. The van der Waals surface area contributed by atoms with Gasteiger partial charge in [-0.15, -0.1) is 0 Å². The minimum Gasteiger partial charge on any atom is -0.378 e. The first-order valence-electron chi connectivity index (χ1n) is 7.73. The van der Waals surface area contributed by atoms with E-state index in [-0.39, 0.29) is 4.90 Å². The lowest BCUT2D eigenvalue weighted by atomic mass is 10.1. The molecule has 0 bridgehead atoms. The molecule has 0 radical (unpaired) electrons. The van der Waals surface area contributed by atoms with Crippen molar-refractivity contribution < 1.29 is 12.6 Å². The van der Waals surface area contributed by atoms with Crippen LogP contribution >= 0.6 is 0 Å². The molecular formula is C19H22O3S. The number of rotatable bonds is 6. The van der Waals surface area contributed by atoms with Crippen LogP contribution in [0, 0.1) is 6.92 Å². The lowest BCUT2D eigenvalue weighted by molar-refractivity contribution is 0.485. The molecule has 0 spiro atoms. The Morgan fingerprint density at radius 2 is 1.78 bits per heavy atom. The Bertz CT molecular complexity index is 788. The van der Waals surface area contributed by atoms with Crippen molar-refractivity contribution in [2.45, 2.75) is 38.5 Å². The average Bonchev–Trinajstić information content (AvgIpc) is 2.51. The molecule has 0 aromatic heterocycles. The lowest BCUT2D eigenvalue weighted by Gasteiger charge is -2.11. The van der Waals surface area contributed by atoms with Crippen molar-refractivity contribution in [3.8, 4) is 5.75 Å². The van der Waals surface area contributed by atoms with E-state index in [1.165, 1.54) is 5.56 Å². The van der Waals surface area contributed by atoms with Crippen molar-refractivity contribution in [3.63, 3.8) is 0 Å². The highest BCUT2D eigenvalue weighted by Gasteiger charge is 2.18. The fraction of sp³-hybridized carbons (Fsp3) is 0.263. The van der Waals surface area contributed by atoms with Gasteiger partial charge in [-0.25, -0.2) is 0 Å². The summed E-state index contributed by atoms with van der Waals surface area (Å²) in [5.41, 5.74) is 2.94. The van der Waals surface area contributed by atoms with Gasteiger partial charge < -0.3 is 4.18 Å². The standard InChI is InChI=1S/C19H22O3S/c1-4-6-16-10-13-19(17(14-16)7-5-2)22-23(20,21)18-11-8-15(3)9-12-18/h5,7-14H,4,6H2,1-3H3. The quantitative estimate of drug-likeness (QED) is 0.718. The summed E-state index contributed by atoms with van der Waals surface area (Å²) in [6.45, 7) is 5.92. The van der Waals surface area contributed by atoms with Crippen molar-refractivity contribution in [2.75, 3.05) is 0 Å². The van der Waals surface area contributed by atoms with Gasteiger partial charge in [0.1, 0.15) is 10.6 Å². The molecule has 0 amide bonds. The normalized spacial score (nSPS) is 11.8. The van der Waals surface area contributed by atoms with E-state index in [9.17, 15) is 8.42 Å². The first-order valence-corrected chi connectivity index (χ1v) is 9.14. The summed E-state index contributed by atoms with van der Waals surface area (Å²) in [7, 11) is -3.83. The van der Waals surface area contributed by atoms with Crippen molar-refractivity contribution in [3.05, 3.63) is 65.2 Å². The minimum absolute atomic E-state index is 0.159. The van der Waals surface area contributed by atoms with E-state index in [1.54, 1.807) is 30.3 Å². The Labute approximate surface area is 138 Å². The third-order valence-electron chi connectivity index (χ3n) is 3.47. The van der Waals surface area contributed by atoms with Crippen LogP contribution in [0.4, 0.5) is 0 Å². The predicted octanol–water partition coefficient (Wildman–Crippen LogP) is 4.75. The monoisotopic (exact) mass is 330 g/mol. The third kappa shape index (κ3) is 4.45. The topological polar surface area (TPSA) is 43.4 Å². The number of benzene rings is 2. The van der Waals surface area contributed by atoms with Crippen LogP contribution in [0.5, 0.6) is 5.75 Å². The zero-order valence-corrected chi connectivity index (χ0v) is 14.6. The van der Waals surface area contributed by atoms with Gasteiger partial charge in [-0.05, 0) is 50.1 Å². The molecular weight excluding hydrogens is 308 g/mol. The van der Waals surface area contributed by atoms with E-state index in [4.69, 9.17) is 4.18 Å². The van der Waals surface area contributed by atoms with Crippen molar-refractivity contribution in [1.29, 1.82) is 0 Å². The van der Waals surface area contributed by atoms with Crippen LogP contribution in [0.25, 0.3) is 6.08 Å². The molecule has 0 N–H and O–H groups in total. The molecule has 122 valence electrons. The van der Waals surface area contributed by atoms with Crippen LogP contribution in [0.1, 0.15) is 37.0 Å². The maximum atomic E-state index is 12.4. The Morgan fingerprint density at radius 3 is 2.39 bits per heavy atom. The van der Waals surface area contributed by atoms with Gasteiger partial charge in [0.05, 0.1) is 0 Å². The maximum absolute atomic E-state index is 12.4. The molecule has 3 nitrogen and oxygen atoms in total. The highest BCUT2D eigenvalue weighted by Crippen LogP contribution is 2.26. The lowest BCUT2D eigenvalue weighted by Crippen LogP contribution is -2.10. The van der Waals surface area contributed by atoms with Crippen LogP contribution in [-0.2, 0) is 16.5 Å². The van der Waals surface area contributed by atoms with Gasteiger partial charge in [0.15, 0.2) is 0 Å². The smallest absolute Gasteiger partial charge is 0.339 e. The van der Waals surface area contributed by atoms with E-state index in [0.29, 0.717) is 5.75 Å².